The number of carbonyl (C=O) groups excluding carboxylic acids is 1. The Labute approximate surface area is 125 Å². The van der Waals surface area contributed by atoms with E-state index >= 15 is 0 Å². The lowest BCUT2D eigenvalue weighted by Gasteiger charge is -2.14. The number of benzene rings is 1. The average Bonchev–Trinajstić information content (AvgIpc) is 2.48. The number of hydrogen-bond acceptors (Lipinski definition) is 3. The number of rotatable bonds is 5. The summed E-state index contributed by atoms with van der Waals surface area (Å²) >= 11 is 0. The molecule has 0 aliphatic rings. The van der Waals surface area contributed by atoms with Crippen LogP contribution in [-0.2, 0) is 4.79 Å². The van der Waals surface area contributed by atoms with Gasteiger partial charge in [0, 0.05) is 18.8 Å². The van der Waals surface area contributed by atoms with E-state index in [-0.39, 0.29) is 11.8 Å². The fourth-order valence-electron chi connectivity index (χ4n) is 2.18. The molecule has 0 aliphatic carbocycles. The number of methoxy groups -OCH3 is 1. The molecule has 21 heavy (non-hydrogen) atoms. The van der Waals surface area contributed by atoms with Crippen LogP contribution in [0.15, 0.2) is 42.7 Å². The summed E-state index contributed by atoms with van der Waals surface area (Å²) < 4.78 is 5.27. The normalized spacial score (nSPS) is 11.8. The molecule has 0 bridgehead atoms. The van der Waals surface area contributed by atoms with Crippen molar-refractivity contribution in [3.63, 3.8) is 0 Å². The van der Waals surface area contributed by atoms with Gasteiger partial charge < -0.3 is 10.1 Å². The van der Waals surface area contributed by atoms with Crippen LogP contribution in [0, 0.1) is 6.92 Å². The van der Waals surface area contributed by atoms with Gasteiger partial charge in [-0.25, -0.2) is 0 Å². The molecule has 1 aromatic carbocycles. The van der Waals surface area contributed by atoms with Crippen molar-refractivity contribution in [1.82, 2.24) is 4.98 Å². The maximum absolute atomic E-state index is 12.2. The molecule has 2 rings (SSSR count). The number of carbonyl (C=O) groups is 1. The van der Waals surface area contributed by atoms with Gasteiger partial charge in [0.1, 0.15) is 5.75 Å². The standard InChI is InChI=1S/C17H20N2O2/c1-12-6-7-16(21-3)15(9-12)19-17(20)10-13(2)14-5-4-8-18-11-14/h4-9,11,13H,10H2,1-3H3,(H,19,20). The van der Waals surface area contributed by atoms with Gasteiger partial charge in [0.15, 0.2) is 0 Å². The second-order valence-corrected chi connectivity index (χ2v) is 5.14. The number of anilines is 1. The third kappa shape index (κ3) is 4.05. The van der Waals surface area contributed by atoms with E-state index in [0.29, 0.717) is 17.9 Å². The molecule has 4 nitrogen and oxygen atoms in total. The fourth-order valence-corrected chi connectivity index (χ4v) is 2.18. The van der Waals surface area contributed by atoms with Crippen molar-refractivity contribution in [2.45, 2.75) is 26.2 Å². The SMILES string of the molecule is COc1ccc(C)cc1NC(=O)CC(C)c1cccnc1. The summed E-state index contributed by atoms with van der Waals surface area (Å²) in [5.41, 5.74) is 2.84. The van der Waals surface area contributed by atoms with Gasteiger partial charge in [-0.3, -0.25) is 9.78 Å². The minimum Gasteiger partial charge on any atom is -0.495 e. The maximum atomic E-state index is 12.2. The Morgan fingerprint density at radius 1 is 1.38 bits per heavy atom. The molecule has 0 fully saturated rings. The van der Waals surface area contributed by atoms with Gasteiger partial charge in [-0.2, -0.15) is 0 Å². The van der Waals surface area contributed by atoms with Gasteiger partial charge >= 0.3 is 0 Å². The zero-order valence-electron chi connectivity index (χ0n) is 12.6. The predicted molar refractivity (Wildman–Crippen MR) is 83.6 cm³/mol. The van der Waals surface area contributed by atoms with Crippen LogP contribution in [0.5, 0.6) is 5.75 Å². The van der Waals surface area contributed by atoms with Crippen molar-refractivity contribution < 1.29 is 9.53 Å². The van der Waals surface area contributed by atoms with Gasteiger partial charge in [0.2, 0.25) is 5.91 Å². The van der Waals surface area contributed by atoms with Crippen LogP contribution in [0.3, 0.4) is 0 Å². The molecule has 1 unspecified atom stereocenters. The molecule has 1 N–H and O–H groups in total. The molecule has 1 aromatic heterocycles. The zero-order chi connectivity index (χ0) is 15.2. The van der Waals surface area contributed by atoms with Crippen LogP contribution in [0.1, 0.15) is 30.4 Å². The maximum Gasteiger partial charge on any atom is 0.225 e. The van der Waals surface area contributed by atoms with E-state index in [0.717, 1.165) is 11.1 Å². The number of amides is 1. The van der Waals surface area contributed by atoms with E-state index in [1.54, 1.807) is 19.5 Å². The summed E-state index contributed by atoms with van der Waals surface area (Å²) in [6.07, 6.45) is 3.93. The predicted octanol–water partition coefficient (Wildman–Crippen LogP) is 3.53. The summed E-state index contributed by atoms with van der Waals surface area (Å²) in [7, 11) is 1.60. The smallest absolute Gasteiger partial charge is 0.225 e. The van der Waals surface area contributed by atoms with Gasteiger partial charge in [0.05, 0.1) is 12.8 Å². The van der Waals surface area contributed by atoms with Crippen molar-refractivity contribution in [3.05, 3.63) is 53.9 Å². The van der Waals surface area contributed by atoms with Gasteiger partial charge in [0.25, 0.3) is 0 Å². The third-order valence-corrected chi connectivity index (χ3v) is 3.37. The van der Waals surface area contributed by atoms with Crippen LogP contribution >= 0.6 is 0 Å². The number of hydrogen-bond donors (Lipinski definition) is 1. The molecular weight excluding hydrogens is 264 g/mol. The summed E-state index contributed by atoms with van der Waals surface area (Å²) in [4.78, 5) is 16.3. The van der Waals surface area contributed by atoms with Crippen molar-refractivity contribution in [2.75, 3.05) is 12.4 Å². The Morgan fingerprint density at radius 3 is 2.86 bits per heavy atom. The van der Waals surface area contributed by atoms with E-state index in [4.69, 9.17) is 4.74 Å². The molecular formula is C17H20N2O2. The molecule has 0 radical (unpaired) electrons. The van der Waals surface area contributed by atoms with Crippen molar-refractivity contribution in [1.29, 1.82) is 0 Å². The summed E-state index contributed by atoms with van der Waals surface area (Å²) in [5.74, 6) is 0.757. The molecule has 0 saturated carbocycles. The highest BCUT2D eigenvalue weighted by Gasteiger charge is 2.13. The number of pyridine rings is 1. The van der Waals surface area contributed by atoms with Gasteiger partial charge in [-0.1, -0.05) is 19.1 Å². The van der Waals surface area contributed by atoms with E-state index in [1.165, 1.54) is 0 Å². The molecule has 0 saturated heterocycles. The fraction of sp³-hybridized carbons (Fsp3) is 0.294. The van der Waals surface area contributed by atoms with Gasteiger partial charge in [-0.15, -0.1) is 0 Å². The Hall–Kier alpha value is -2.36. The molecule has 0 spiro atoms. The van der Waals surface area contributed by atoms with E-state index < -0.39 is 0 Å². The minimum atomic E-state index is -0.0322. The van der Waals surface area contributed by atoms with Crippen LogP contribution < -0.4 is 10.1 Å². The van der Waals surface area contributed by atoms with E-state index in [9.17, 15) is 4.79 Å². The Bertz CT molecular complexity index is 611. The molecule has 110 valence electrons. The number of ether oxygens (including phenoxy) is 1. The Kier molecular flexibility index (Phi) is 4.93. The first-order valence-electron chi connectivity index (χ1n) is 6.94. The molecule has 2 aromatic rings. The number of aryl methyl sites for hydroxylation is 1. The first-order valence-corrected chi connectivity index (χ1v) is 6.94. The van der Waals surface area contributed by atoms with Crippen molar-refractivity contribution in [3.8, 4) is 5.75 Å². The number of nitrogens with one attached hydrogen (secondary N) is 1. The zero-order valence-corrected chi connectivity index (χ0v) is 12.6. The van der Waals surface area contributed by atoms with E-state index in [1.807, 2.05) is 44.2 Å². The number of aromatic nitrogens is 1. The molecule has 1 heterocycles. The van der Waals surface area contributed by atoms with E-state index in [2.05, 4.69) is 10.3 Å². The number of nitrogens with zero attached hydrogens (tertiary/aromatic N) is 1. The highest BCUT2D eigenvalue weighted by molar-refractivity contribution is 5.92. The second kappa shape index (κ2) is 6.88. The Morgan fingerprint density at radius 2 is 2.19 bits per heavy atom. The van der Waals surface area contributed by atoms with Crippen LogP contribution in [0.25, 0.3) is 0 Å². The van der Waals surface area contributed by atoms with Gasteiger partial charge in [-0.05, 0) is 42.2 Å². The lowest BCUT2D eigenvalue weighted by atomic mass is 9.99. The molecule has 1 amide bonds. The topological polar surface area (TPSA) is 51.2 Å². The highest BCUT2D eigenvalue weighted by Crippen LogP contribution is 2.26. The van der Waals surface area contributed by atoms with Crippen LogP contribution in [0.4, 0.5) is 5.69 Å². The summed E-state index contributed by atoms with van der Waals surface area (Å²) in [6.45, 7) is 4.00. The quantitative estimate of drug-likeness (QED) is 0.913. The lowest BCUT2D eigenvalue weighted by molar-refractivity contribution is -0.116. The summed E-state index contributed by atoms with van der Waals surface area (Å²) in [6, 6.07) is 9.58. The van der Waals surface area contributed by atoms with Crippen LogP contribution in [0.2, 0.25) is 0 Å². The van der Waals surface area contributed by atoms with Crippen LogP contribution in [-0.4, -0.2) is 18.0 Å². The first kappa shape index (κ1) is 15.0. The highest BCUT2D eigenvalue weighted by atomic mass is 16.5. The van der Waals surface area contributed by atoms with Crippen molar-refractivity contribution in [2.24, 2.45) is 0 Å². The first-order chi connectivity index (χ1) is 10.1. The third-order valence-electron chi connectivity index (χ3n) is 3.37. The van der Waals surface area contributed by atoms with Crippen molar-refractivity contribution >= 4 is 11.6 Å². The molecule has 0 aliphatic heterocycles. The second-order valence-electron chi connectivity index (χ2n) is 5.14. The molecule has 1 atom stereocenters. The monoisotopic (exact) mass is 284 g/mol. The Balaban J connectivity index is 2.04. The summed E-state index contributed by atoms with van der Waals surface area (Å²) in [5, 5.41) is 2.92. The lowest BCUT2D eigenvalue weighted by Crippen LogP contribution is -2.15. The minimum absolute atomic E-state index is 0.0322. The average molecular weight is 284 g/mol. The largest absolute Gasteiger partial charge is 0.495 e. The molecule has 4 heteroatoms.